The van der Waals surface area contributed by atoms with Gasteiger partial charge in [-0.2, -0.15) is 0 Å². The van der Waals surface area contributed by atoms with Crippen LogP contribution in [0.5, 0.6) is 11.5 Å². The number of rotatable bonds is 6. The van der Waals surface area contributed by atoms with E-state index < -0.39 is 11.6 Å². The molecule has 11 rings (SSSR count). The predicted octanol–water partition coefficient (Wildman–Crippen LogP) is 13.9. The molecule has 4 heterocycles. The maximum Gasteiger partial charge on any atom is 0.149 e. The first kappa shape index (κ1) is 35.7. The lowest BCUT2D eigenvalue weighted by atomic mass is 9.86. The van der Waals surface area contributed by atoms with Gasteiger partial charge in [0.25, 0.3) is 0 Å². The number of pyridine rings is 1. The molecule has 0 amide bonds. The number of aromatic nitrogens is 3. The smallest absolute Gasteiger partial charge is 0.149 e. The Morgan fingerprint density at radius 3 is 1.77 bits per heavy atom. The number of hydrogen-bond acceptors (Lipinski definition) is 4. The summed E-state index contributed by atoms with van der Waals surface area (Å²) in [6, 6.07) is 53.7. The first-order chi connectivity index (χ1) is 29.2. The van der Waals surface area contributed by atoms with Gasteiger partial charge in [-0.1, -0.05) is 93.6 Å². The fraction of sp³-hybridized carbons (Fsp3) is 0.0962. The van der Waals surface area contributed by atoms with Crippen molar-refractivity contribution in [3.8, 4) is 23.0 Å². The number of nitrogens with zero attached hydrogens (tertiary/aromatic N) is 5. The Balaban J connectivity index is 1.12. The van der Waals surface area contributed by atoms with Gasteiger partial charge in [0.2, 0.25) is 0 Å². The Bertz CT molecular complexity index is 3240. The average molecular weight is 788 g/mol. The summed E-state index contributed by atoms with van der Waals surface area (Å²) in [7, 11) is 0. The van der Waals surface area contributed by atoms with Crippen LogP contribution >= 0.6 is 0 Å². The normalized spacial score (nSPS) is 12.9. The van der Waals surface area contributed by atoms with Crippen molar-refractivity contribution in [2.24, 2.45) is 0 Å². The van der Waals surface area contributed by atoms with Gasteiger partial charge in [-0.25, -0.2) is 13.8 Å². The molecule has 10 aromatic rings. The van der Waals surface area contributed by atoms with E-state index >= 15 is 8.78 Å². The van der Waals surface area contributed by atoms with Gasteiger partial charge in [-0.15, -0.1) is 0 Å². The standard InChI is InChI=1S/C52H39F2N5O/c1-52(2,3)33-22-25-47-49(27-33)57(51-42(53)16-12-17-43(51)54)32-56(47)34-28-35(58-44-18-7-4-13-38(44)39-14-5-8-19-45(39)58)30-37(29-34)60-36-23-24-41-40-15-6-9-20-46(40)59(48(41)31-36)50-21-10-11-26-55-50/h4-31H,32H2,1-3H3. The van der Waals surface area contributed by atoms with Crippen LogP contribution in [0.2, 0.25) is 0 Å². The number of fused-ring (bicyclic) bond motifs is 7. The molecule has 1 aliphatic rings. The Morgan fingerprint density at radius 2 is 1.12 bits per heavy atom. The van der Waals surface area contributed by atoms with E-state index in [4.69, 9.17) is 9.72 Å². The molecule has 0 aliphatic carbocycles. The molecule has 0 atom stereocenters. The van der Waals surface area contributed by atoms with E-state index in [-0.39, 0.29) is 17.8 Å². The van der Waals surface area contributed by atoms with Crippen molar-refractivity contribution < 1.29 is 13.5 Å². The number of benzene rings is 7. The van der Waals surface area contributed by atoms with Crippen molar-refractivity contribution in [2.45, 2.75) is 26.2 Å². The lowest BCUT2D eigenvalue weighted by molar-refractivity contribution is 0.483. The van der Waals surface area contributed by atoms with Crippen LogP contribution in [-0.2, 0) is 5.41 Å². The van der Waals surface area contributed by atoms with Crippen LogP contribution in [0, 0.1) is 11.6 Å². The van der Waals surface area contributed by atoms with E-state index in [1.807, 2.05) is 36.4 Å². The SMILES string of the molecule is CC(C)(C)c1ccc2c(c1)N(c1c(F)cccc1F)CN2c1cc(Oc2ccc3c4ccccc4n(-c4ccccn4)c3c2)cc(-n2c3ccccc3c3ccccc32)c1. The second kappa shape index (κ2) is 13.6. The zero-order valence-electron chi connectivity index (χ0n) is 33.3. The molecule has 0 saturated carbocycles. The van der Waals surface area contributed by atoms with E-state index in [2.05, 4.69) is 144 Å². The lowest BCUT2D eigenvalue weighted by Crippen LogP contribution is -2.25. The fourth-order valence-corrected chi connectivity index (χ4v) is 8.88. The van der Waals surface area contributed by atoms with Gasteiger partial charge in [-0.3, -0.25) is 4.57 Å². The molecule has 8 heteroatoms. The Labute approximate surface area is 345 Å². The summed E-state index contributed by atoms with van der Waals surface area (Å²) in [6.45, 7) is 6.59. The van der Waals surface area contributed by atoms with Crippen LogP contribution in [0.1, 0.15) is 26.3 Å². The van der Waals surface area contributed by atoms with Gasteiger partial charge in [-0.05, 0) is 83.8 Å². The summed E-state index contributed by atoms with van der Waals surface area (Å²) in [5.41, 5.74) is 8.15. The number of hydrogen-bond donors (Lipinski definition) is 0. The number of ether oxygens (including phenoxy) is 1. The molecule has 0 N–H and O–H groups in total. The Kier molecular flexibility index (Phi) is 8.07. The second-order valence-corrected chi connectivity index (χ2v) is 16.4. The summed E-state index contributed by atoms with van der Waals surface area (Å²) in [5.74, 6) is 0.831. The zero-order chi connectivity index (χ0) is 40.7. The largest absolute Gasteiger partial charge is 0.457 e. The number of para-hydroxylation sites is 4. The average Bonchev–Trinajstić information content (AvgIpc) is 3.91. The van der Waals surface area contributed by atoms with Crippen molar-refractivity contribution in [1.29, 1.82) is 0 Å². The summed E-state index contributed by atoms with van der Waals surface area (Å²) in [5, 5.41) is 4.48. The molecule has 0 saturated heterocycles. The second-order valence-electron chi connectivity index (χ2n) is 16.4. The minimum Gasteiger partial charge on any atom is -0.457 e. The Hall–Kier alpha value is -7.45. The molecule has 6 nitrogen and oxygen atoms in total. The molecule has 3 aromatic heterocycles. The summed E-state index contributed by atoms with van der Waals surface area (Å²) >= 11 is 0. The molecule has 0 radical (unpaired) electrons. The Morgan fingerprint density at radius 1 is 0.500 bits per heavy atom. The van der Waals surface area contributed by atoms with Crippen LogP contribution in [0.15, 0.2) is 170 Å². The highest BCUT2D eigenvalue weighted by Crippen LogP contribution is 2.49. The lowest BCUT2D eigenvalue weighted by Gasteiger charge is -2.24. The topological polar surface area (TPSA) is 38.5 Å². The predicted molar refractivity (Wildman–Crippen MR) is 240 cm³/mol. The molecule has 1 aliphatic heterocycles. The molecule has 0 bridgehead atoms. The molecule has 0 fully saturated rings. The number of anilines is 4. The van der Waals surface area contributed by atoms with E-state index in [0.717, 1.165) is 77.7 Å². The summed E-state index contributed by atoms with van der Waals surface area (Å²) < 4.78 is 42.8. The van der Waals surface area contributed by atoms with E-state index in [0.29, 0.717) is 11.5 Å². The molecule has 7 aromatic carbocycles. The molecular formula is C52H39F2N5O. The minimum atomic E-state index is -0.620. The monoisotopic (exact) mass is 787 g/mol. The quantitative estimate of drug-likeness (QED) is 0.168. The summed E-state index contributed by atoms with van der Waals surface area (Å²) in [4.78, 5) is 8.57. The maximum absolute atomic E-state index is 15.7. The van der Waals surface area contributed by atoms with Crippen molar-refractivity contribution in [2.75, 3.05) is 16.5 Å². The first-order valence-electron chi connectivity index (χ1n) is 20.1. The highest BCUT2D eigenvalue weighted by atomic mass is 19.1. The third-order valence-corrected chi connectivity index (χ3v) is 11.7. The van der Waals surface area contributed by atoms with Gasteiger partial charge in [0.15, 0.2) is 0 Å². The van der Waals surface area contributed by atoms with E-state index in [1.165, 1.54) is 18.2 Å². The van der Waals surface area contributed by atoms with Crippen molar-refractivity contribution in [1.82, 2.24) is 14.1 Å². The van der Waals surface area contributed by atoms with Gasteiger partial charge >= 0.3 is 0 Å². The van der Waals surface area contributed by atoms with Crippen LogP contribution in [0.3, 0.4) is 0 Å². The van der Waals surface area contributed by atoms with Gasteiger partial charge in [0, 0.05) is 51.6 Å². The first-order valence-corrected chi connectivity index (χ1v) is 20.1. The molecular weight excluding hydrogens is 749 g/mol. The van der Waals surface area contributed by atoms with Crippen LogP contribution in [-0.4, -0.2) is 20.8 Å². The van der Waals surface area contributed by atoms with Crippen LogP contribution in [0.4, 0.5) is 31.5 Å². The van der Waals surface area contributed by atoms with Crippen molar-refractivity contribution in [3.63, 3.8) is 0 Å². The van der Waals surface area contributed by atoms with E-state index in [1.54, 1.807) is 11.1 Å². The third-order valence-electron chi connectivity index (χ3n) is 11.7. The maximum atomic E-state index is 15.7. The van der Waals surface area contributed by atoms with Crippen molar-refractivity contribution >= 4 is 66.4 Å². The van der Waals surface area contributed by atoms with E-state index in [9.17, 15) is 0 Å². The molecule has 60 heavy (non-hydrogen) atoms. The van der Waals surface area contributed by atoms with Crippen LogP contribution in [0.25, 0.3) is 55.1 Å². The van der Waals surface area contributed by atoms with Crippen LogP contribution < -0.4 is 14.5 Å². The third kappa shape index (κ3) is 5.70. The van der Waals surface area contributed by atoms with Gasteiger partial charge in [0.1, 0.15) is 41.3 Å². The summed E-state index contributed by atoms with van der Waals surface area (Å²) in [6.07, 6.45) is 1.81. The highest BCUT2D eigenvalue weighted by Gasteiger charge is 2.33. The number of halogens is 2. The minimum absolute atomic E-state index is 0.0843. The van der Waals surface area contributed by atoms with Crippen molar-refractivity contribution in [3.05, 3.63) is 187 Å². The fourth-order valence-electron chi connectivity index (χ4n) is 8.88. The zero-order valence-corrected chi connectivity index (χ0v) is 33.3. The molecule has 0 unspecified atom stereocenters. The molecule has 0 spiro atoms. The van der Waals surface area contributed by atoms with Gasteiger partial charge < -0.3 is 19.1 Å². The molecule has 292 valence electrons. The highest BCUT2D eigenvalue weighted by molar-refractivity contribution is 6.10. The van der Waals surface area contributed by atoms with Gasteiger partial charge in [0.05, 0.1) is 39.1 Å².